The summed E-state index contributed by atoms with van der Waals surface area (Å²) in [5, 5.41) is 0.599. The van der Waals surface area contributed by atoms with Gasteiger partial charge >= 0.3 is 6.36 Å². The number of hydrogen-bond donors (Lipinski definition) is 0. The Labute approximate surface area is 102 Å². The van der Waals surface area contributed by atoms with Gasteiger partial charge in [-0.15, -0.1) is 13.2 Å². The zero-order valence-electron chi connectivity index (χ0n) is 10.3. The number of halogens is 3. The molecule has 0 amide bonds. The molecule has 1 heterocycles. The summed E-state index contributed by atoms with van der Waals surface area (Å²) in [7, 11) is 0. The van der Waals surface area contributed by atoms with Crippen molar-refractivity contribution in [2.75, 3.05) is 0 Å². The fourth-order valence-corrected chi connectivity index (χ4v) is 1.59. The van der Waals surface area contributed by atoms with Gasteiger partial charge in [0.25, 0.3) is 0 Å². The van der Waals surface area contributed by atoms with E-state index in [0.717, 1.165) is 5.76 Å². The Bertz CT molecular complexity index is 562. The van der Waals surface area contributed by atoms with Crippen LogP contribution in [-0.2, 0) is 5.41 Å². The van der Waals surface area contributed by atoms with E-state index in [-0.39, 0.29) is 11.2 Å². The minimum Gasteiger partial charge on any atom is -0.461 e. The lowest BCUT2D eigenvalue weighted by Crippen LogP contribution is -2.16. The molecule has 2 nitrogen and oxygen atoms in total. The van der Waals surface area contributed by atoms with E-state index in [9.17, 15) is 13.2 Å². The molecule has 0 aliphatic heterocycles. The molecule has 98 valence electrons. The molecule has 1 aromatic carbocycles. The van der Waals surface area contributed by atoms with Crippen LogP contribution in [0, 0.1) is 0 Å². The molecule has 0 radical (unpaired) electrons. The Kier molecular flexibility index (Phi) is 2.80. The second-order valence-electron chi connectivity index (χ2n) is 5.11. The van der Waals surface area contributed by atoms with Crippen LogP contribution in [0.2, 0.25) is 0 Å². The lowest BCUT2D eigenvalue weighted by molar-refractivity contribution is -0.274. The monoisotopic (exact) mass is 258 g/mol. The zero-order valence-corrected chi connectivity index (χ0v) is 10.3. The third kappa shape index (κ3) is 2.78. The highest BCUT2D eigenvalue weighted by molar-refractivity contribution is 5.79. The molecule has 18 heavy (non-hydrogen) atoms. The van der Waals surface area contributed by atoms with E-state index >= 15 is 0 Å². The van der Waals surface area contributed by atoms with E-state index in [1.807, 2.05) is 20.8 Å². The minimum atomic E-state index is -4.68. The second kappa shape index (κ2) is 3.93. The smallest absolute Gasteiger partial charge is 0.461 e. The SMILES string of the molecule is CC(C)(C)c1cc2cc(OC(F)(F)F)ccc2o1. The quantitative estimate of drug-likeness (QED) is 0.744. The molecule has 1 aromatic heterocycles. The van der Waals surface area contributed by atoms with Crippen molar-refractivity contribution in [2.45, 2.75) is 32.5 Å². The van der Waals surface area contributed by atoms with Gasteiger partial charge in [-0.3, -0.25) is 0 Å². The molecular weight excluding hydrogens is 245 g/mol. The molecule has 0 unspecified atom stereocenters. The summed E-state index contributed by atoms with van der Waals surface area (Å²) >= 11 is 0. The first-order valence-corrected chi connectivity index (χ1v) is 5.45. The molecular formula is C13H13F3O2. The van der Waals surface area contributed by atoms with Crippen molar-refractivity contribution < 1.29 is 22.3 Å². The molecule has 0 fully saturated rings. The number of rotatable bonds is 1. The first-order chi connectivity index (χ1) is 8.15. The molecule has 0 spiro atoms. The molecule has 0 atom stereocenters. The number of alkyl halides is 3. The summed E-state index contributed by atoms with van der Waals surface area (Å²) in [6.07, 6.45) is -4.68. The van der Waals surface area contributed by atoms with Crippen molar-refractivity contribution in [1.29, 1.82) is 0 Å². The van der Waals surface area contributed by atoms with E-state index in [4.69, 9.17) is 4.42 Å². The van der Waals surface area contributed by atoms with E-state index in [1.54, 1.807) is 6.07 Å². The van der Waals surface area contributed by atoms with Gasteiger partial charge in [-0.25, -0.2) is 0 Å². The molecule has 0 N–H and O–H groups in total. The van der Waals surface area contributed by atoms with Crippen LogP contribution < -0.4 is 4.74 Å². The second-order valence-corrected chi connectivity index (χ2v) is 5.11. The molecule has 0 saturated heterocycles. The first kappa shape index (κ1) is 12.8. The van der Waals surface area contributed by atoms with Crippen LogP contribution in [0.4, 0.5) is 13.2 Å². The average Bonchev–Trinajstić information content (AvgIpc) is 2.57. The van der Waals surface area contributed by atoms with Gasteiger partial charge in [-0.05, 0) is 24.3 Å². The Morgan fingerprint density at radius 1 is 1.06 bits per heavy atom. The third-order valence-corrected chi connectivity index (χ3v) is 2.46. The highest BCUT2D eigenvalue weighted by Gasteiger charge is 2.31. The zero-order chi connectivity index (χ0) is 13.6. The van der Waals surface area contributed by atoms with Gasteiger partial charge in [0.1, 0.15) is 17.1 Å². The van der Waals surface area contributed by atoms with Crippen LogP contribution in [0.3, 0.4) is 0 Å². The molecule has 0 bridgehead atoms. The van der Waals surface area contributed by atoms with Crippen molar-refractivity contribution in [3.05, 3.63) is 30.0 Å². The number of furan rings is 1. The lowest BCUT2D eigenvalue weighted by atomic mass is 9.93. The van der Waals surface area contributed by atoms with Gasteiger partial charge in [-0.1, -0.05) is 20.8 Å². The minimum absolute atomic E-state index is 0.190. The van der Waals surface area contributed by atoms with E-state index in [0.29, 0.717) is 11.0 Å². The number of ether oxygens (including phenoxy) is 1. The standard InChI is InChI=1S/C13H13F3O2/c1-12(2,3)11-7-8-6-9(18-13(14,15)16)4-5-10(8)17-11/h4-7H,1-3H3. The Balaban J connectivity index is 2.40. The highest BCUT2D eigenvalue weighted by Crippen LogP contribution is 2.32. The van der Waals surface area contributed by atoms with Crippen LogP contribution in [0.1, 0.15) is 26.5 Å². The average molecular weight is 258 g/mol. The van der Waals surface area contributed by atoms with Crippen LogP contribution in [0.15, 0.2) is 28.7 Å². The maximum atomic E-state index is 12.1. The summed E-state index contributed by atoms with van der Waals surface area (Å²) in [4.78, 5) is 0. The number of benzene rings is 1. The van der Waals surface area contributed by atoms with Gasteiger partial charge < -0.3 is 9.15 Å². The predicted octanol–water partition coefficient (Wildman–Crippen LogP) is 4.63. The Hall–Kier alpha value is -1.65. The topological polar surface area (TPSA) is 22.4 Å². The fourth-order valence-electron chi connectivity index (χ4n) is 1.59. The van der Waals surface area contributed by atoms with Gasteiger partial charge in [0, 0.05) is 10.8 Å². The van der Waals surface area contributed by atoms with Crippen LogP contribution in [-0.4, -0.2) is 6.36 Å². The highest BCUT2D eigenvalue weighted by atomic mass is 19.4. The van der Waals surface area contributed by atoms with Gasteiger partial charge in [0.15, 0.2) is 0 Å². The molecule has 0 saturated carbocycles. The third-order valence-electron chi connectivity index (χ3n) is 2.46. The number of hydrogen-bond acceptors (Lipinski definition) is 2. The van der Waals surface area contributed by atoms with Crippen molar-refractivity contribution in [2.24, 2.45) is 0 Å². The number of fused-ring (bicyclic) bond motifs is 1. The summed E-state index contributed by atoms with van der Waals surface area (Å²) in [6, 6.07) is 5.78. The van der Waals surface area contributed by atoms with Crippen LogP contribution >= 0.6 is 0 Å². The van der Waals surface area contributed by atoms with Gasteiger partial charge in [0.05, 0.1) is 0 Å². The Morgan fingerprint density at radius 2 is 1.72 bits per heavy atom. The van der Waals surface area contributed by atoms with Crippen LogP contribution in [0.5, 0.6) is 5.75 Å². The van der Waals surface area contributed by atoms with Crippen molar-refractivity contribution in [3.8, 4) is 5.75 Å². The largest absolute Gasteiger partial charge is 0.573 e. The maximum absolute atomic E-state index is 12.1. The molecule has 5 heteroatoms. The van der Waals surface area contributed by atoms with Crippen molar-refractivity contribution >= 4 is 11.0 Å². The van der Waals surface area contributed by atoms with E-state index in [1.165, 1.54) is 18.2 Å². The fraction of sp³-hybridized carbons (Fsp3) is 0.385. The lowest BCUT2D eigenvalue weighted by Gasteiger charge is -2.13. The Morgan fingerprint density at radius 3 is 2.28 bits per heavy atom. The normalized spacial score (nSPS) is 13.0. The molecule has 0 aliphatic rings. The van der Waals surface area contributed by atoms with E-state index in [2.05, 4.69) is 4.74 Å². The van der Waals surface area contributed by atoms with Crippen molar-refractivity contribution in [3.63, 3.8) is 0 Å². The van der Waals surface area contributed by atoms with Gasteiger partial charge in [0.2, 0.25) is 0 Å². The maximum Gasteiger partial charge on any atom is 0.573 e. The van der Waals surface area contributed by atoms with E-state index < -0.39 is 6.36 Å². The van der Waals surface area contributed by atoms with Crippen molar-refractivity contribution in [1.82, 2.24) is 0 Å². The summed E-state index contributed by atoms with van der Waals surface area (Å²) in [5.74, 6) is 0.484. The first-order valence-electron chi connectivity index (χ1n) is 5.45. The van der Waals surface area contributed by atoms with Gasteiger partial charge in [-0.2, -0.15) is 0 Å². The van der Waals surface area contributed by atoms with Crippen LogP contribution in [0.25, 0.3) is 11.0 Å². The summed E-state index contributed by atoms with van der Waals surface area (Å²) < 4.78 is 45.7. The predicted molar refractivity (Wildman–Crippen MR) is 61.6 cm³/mol. The molecule has 2 rings (SSSR count). The molecule has 2 aromatic rings. The summed E-state index contributed by atoms with van der Waals surface area (Å²) in [5.41, 5.74) is 0.360. The summed E-state index contributed by atoms with van der Waals surface area (Å²) in [6.45, 7) is 5.91. The molecule has 0 aliphatic carbocycles.